The van der Waals surface area contributed by atoms with Crippen LogP contribution in [0.25, 0.3) is 0 Å². The maximum atomic E-state index is 12.4. The molecule has 28 heavy (non-hydrogen) atoms. The Morgan fingerprint density at radius 2 is 1.68 bits per heavy atom. The Balaban J connectivity index is 2.01. The number of aromatic hydroxyl groups is 2. The number of benzene rings is 2. The number of ether oxygens (including phenoxy) is 1. The fourth-order valence-electron chi connectivity index (χ4n) is 2.59. The Labute approximate surface area is 191 Å². The first-order valence-corrected chi connectivity index (χ1v) is 10.9. The van der Waals surface area contributed by atoms with Crippen LogP contribution in [0.2, 0.25) is 0 Å². The van der Waals surface area contributed by atoms with Crippen molar-refractivity contribution >= 4 is 57.1 Å². The van der Waals surface area contributed by atoms with Gasteiger partial charge >= 0.3 is 5.97 Å². The van der Waals surface area contributed by atoms with Crippen LogP contribution in [-0.2, 0) is 27.2 Å². The van der Waals surface area contributed by atoms with Crippen molar-refractivity contribution < 1.29 is 24.5 Å². The lowest BCUT2D eigenvalue weighted by Crippen LogP contribution is -2.43. The molecule has 0 aromatic heterocycles. The van der Waals surface area contributed by atoms with Gasteiger partial charge in [-0.25, -0.2) is 4.79 Å². The zero-order valence-electron chi connectivity index (χ0n) is 15.2. The van der Waals surface area contributed by atoms with Crippen molar-refractivity contribution in [2.75, 3.05) is 6.61 Å². The standard InChI is InChI=1S/C20H21I2NO5/c1-2-28-20(27)17(11-12-3-6-14(24)7-4-12)23-18(25)8-5-13-9-15(21)19(26)16(22)10-13/h3-4,6-7,9-10,17,24,26H,2,5,8,11H2,1H3,(H,23,25). The first-order chi connectivity index (χ1) is 13.3. The first kappa shape index (κ1) is 22.7. The number of rotatable bonds is 8. The van der Waals surface area contributed by atoms with E-state index >= 15 is 0 Å². The van der Waals surface area contributed by atoms with E-state index in [1.807, 2.05) is 12.1 Å². The van der Waals surface area contributed by atoms with E-state index in [4.69, 9.17) is 4.74 Å². The number of phenolic OH excluding ortho intramolecular Hbond substituents is 2. The molecule has 0 saturated heterocycles. The minimum Gasteiger partial charge on any atom is -0.508 e. The van der Waals surface area contributed by atoms with Gasteiger partial charge in [-0.2, -0.15) is 0 Å². The molecule has 0 aliphatic carbocycles. The van der Waals surface area contributed by atoms with Gasteiger partial charge in [0.25, 0.3) is 0 Å². The van der Waals surface area contributed by atoms with Crippen LogP contribution in [0.3, 0.4) is 0 Å². The van der Waals surface area contributed by atoms with Gasteiger partial charge in [0, 0.05) is 12.8 Å². The van der Waals surface area contributed by atoms with Crippen molar-refractivity contribution in [1.29, 1.82) is 0 Å². The topological polar surface area (TPSA) is 95.9 Å². The predicted octanol–water partition coefficient (Wildman–Crippen LogP) is 3.53. The molecule has 0 aliphatic rings. The molecular weight excluding hydrogens is 588 g/mol. The highest BCUT2D eigenvalue weighted by Crippen LogP contribution is 2.27. The number of esters is 1. The van der Waals surface area contributed by atoms with Crippen molar-refractivity contribution in [3.63, 3.8) is 0 Å². The lowest BCUT2D eigenvalue weighted by atomic mass is 10.0. The Hall–Kier alpha value is -1.56. The van der Waals surface area contributed by atoms with E-state index in [9.17, 15) is 19.8 Å². The number of hydrogen-bond donors (Lipinski definition) is 3. The largest absolute Gasteiger partial charge is 0.508 e. The number of hydrogen-bond acceptors (Lipinski definition) is 5. The number of phenols is 2. The van der Waals surface area contributed by atoms with Gasteiger partial charge in [0.15, 0.2) is 0 Å². The van der Waals surface area contributed by atoms with Gasteiger partial charge in [-0.3, -0.25) is 4.79 Å². The van der Waals surface area contributed by atoms with Gasteiger partial charge in [0.05, 0.1) is 13.7 Å². The number of nitrogens with one attached hydrogen (secondary N) is 1. The molecule has 0 aliphatic heterocycles. The van der Waals surface area contributed by atoms with E-state index < -0.39 is 12.0 Å². The van der Waals surface area contributed by atoms with Crippen LogP contribution in [0.4, 0.5) is 0 Å². The molecule has 6 nitrogen and oxygen atoms in total. The van der Waals surface area contributed by atoms with E-state index in [2.05, 4.69) is 50.5 Å². The summed E-state index contributed by atoms with van der Waals surface area (Å²) in [5.74, 6) is -0.364. The summed E-state index contributed by atoms with van der Waals surface area (Å²) in [6.07, 6.45) is 0.981. The summed E-state index contributed by atoms with van der Waals surface area (Å²) in [5.41, 5.74) is 1.74. The maximum Gasteiger partial charge on any atom is 0.328 e. The fourth-order valence-corrected chi connectivity index (χ4v) is 4.49. The Morgan fingerprint density at radius 3 is 2.25 bits per heavy atom. The second-order valence-corrected chi connectivity index (χ2v) is 8.48. The molecular formula is C20H21I2NO5. The normalized spacial score (nSPS) is 11.7. The fraction of sp³-hybridized carbons (Fsp3) is 0.300. The van der Waals surface area contributed by atoms with Gasteiger partial charge in [0.2, 0.25) is 5.91 Å². The van der Waals surface area contributed by atoms with E-state index in [1.165, 1.54) is 12.1 Å². The van der Waals surface area contributed by atoms with Crippen molar-refractivity contribution in [3.8, 4) is 11.5 Å². The minimum atomic E-state index is -0.794. The summed E-state index contributed by atoms with van der Waals surface area (Å²) in [5, 5.41) is 22.0. The number of halogens is 2. The number of aryl methyl sites for hydroxylation is 1. The van der Waals surface area contributed by atoms with Crippen LogP contribution in [-0.4, -0.2) is 34.7 Å². The summed E-state index contributed by atoms with van der Waals surface area (Å²) in [7, 11) is 0. The van der Waals surface area contributed by atoms with Crippen LogP contribution in [0.15, 0.2) is 36.4 Å². The van der Waals surface area contributed by atoms with Crippen LogP contribution < -0.4 is 5.32 Å². The van der Waals surface area contributed by atoms with Gasteiger partial charge in [-0.05, 0) is 93.9 Å². The Morgan fingerprint density at radius 1 is 1.07 bits per heavy atom. The van der Waals surface area contributed by atoms with Crippen LogP contribution >= 0.6 is 45.2 Å². The molecule has 8 heteroatoms. The third-order valence-corrected chi connectivity index (χ3v) is 5.64. The molecule has 3 N–H and O–H groups in total. The van der Waals surface area contributed by atoms with E-state index in [0.717, 1.165) is 18.3 Å². The number of amides is 1. The van der Waals surface area contributed by atoms with E-state index in [0.29, 0.717) is 6.42 Å². The lowest BCUT2D eigenvalue weighted by Gasteiger charge is -2.17. The minimum absolute atomic E-state index is 0.138. The van der Waals surface area contributed by atoms with Crippen LogP contribution in [0.5, 0.6) is 11.5 Å². The maximum absolute atomic E-state index is 12.4. The zero-order valence-corrected chi connectivity index (χ0v) is 19.6. The first-order valence-electron chi connectivity index (χ1n) is 8.71. The third-order valence-electron chi connectivity index (χ3n) is 4.00. The number of carbonyl (C=O) groups excluding carboxylic acids is 2. The molecule has 0 spiro atoms. The van der Waals surface area contributed by atoms with Crippen molar-refractivity contribution in [1.82, 2.24) is 5.32 Å². The molecule has 1 atom stereocenters. The molecule has 1 amide bonds. The molecule has 0 radical (unpaired) electrons. The van der Waals surface area contributed by atoms with Crippen molar-refractivity contribution in [3.05, 3.63) is 54.7 Å². The molecule has 2 aromatic carbocycles. The highest BCUT2D eigenvalue weighted by Gasteiger charge is 2.22. The quantitative estimate of drug-likeness (QED) is 0.315. The summed E-state index contributed by atoms with van der Waals surface area (Å²) < 4.78 is 6.54. The highest BCUT2D eigenvalue weighted by atomic mass is 127. The number of carbonyl (C=O) groups is 2. The molecule has 0 heterocycles. The van der Waals surface area contributed by atoms with Crippen molar-refractivity contribution in [2.45, 2.75) is 32.2 Å². The predicted molar refractivity (Wildman–Crippen MR) is 122 cm³/mol. The Bertz CT molecular complexity index is 816. The summed E-state index contributed by atoms with van der Waals surface area (Å²) in [4.78, 5) is 24.6. The average Bonchev–Trinajstić information content (AvgIpc) is 2.65. The molecule has 0 bridgehead atoms. The molecule has 150 valence electrons. The smallest absolute Gasteiger partial charge is 0.328 e. The molecule has 0 saturated carbocycles. The van der Waals surface area contributed by atoms with Gasteiger partial charge in [0.1, 0.15) is 17.5 Å². The highest BCUT2D eigenvalue weighted by molar-refractivity contribution is 14.1. The molecule has 0 fully saturated rings. The Kier molecular flexibility index (Phi) is 8.80. The van der Waals surface area contributed by atoms with Gasteiger partial charge in [-0.1, -0.05) is 12.1 Å². The van der Waals surface area contributed by atoms with Gasteiger partial charge < -0.3 is 20.3 Å². The monoisotopic (exact) mass is 609 g/mol. The molecule has 1 unspecified atom stereocenters. The summed E-state index contributed by atoms with van der Waals surface area (Å²) >= 11 is 4.10. The molecule has 2 rings (SSSR count). The second kappa shape index (κ2) is 10.8. The third kappa shape index (κ3) is 6.80. The van der Waals surface area contributed by atoms with Crippen molar-refractivity contribution in [2.24, 2.45) is 0 Å². The van der Waals surface area contributed by atoms with E-state index in [1.54, 1.807) is 19.1 Å². The second-order valence-electron chi connectivity index (χ2n) is 6.15. The van der Waals surface area contributed by atoms with Crippen LogP contribution in [0, 0.1) is 7.14 Å². The van der Waals surface area contributed by atoms with E-state index in [-0.39, 0.29) is 36.9 Å². The summed E-state index contributed by atoms with van der Waals surface area (Å²) in [6.45, 7) is 1.94. The average molecular weight is 609 g/mol. The molecule has 2 aromatic rings. The zero-order chi connectivity index (χ0) is 20.7. The van der Waals surface area contributed by atoms with Gasteiger partial charge in [-0.15, -0.1) is 0 Å². The lowest BCUT2D eigenvalue weighted by molar-refractivity contribution is -0.147. The summed E-state index contributed by atoms with van der Waals surface area (Å²) in [6, 6.07) is 9.36. The SMILES string of the molecule is CCOC(=O)C(Cc1ccc(O)cc1)NC(=O)CCc1cc(I)c(O)c(I)c1. The van der Waals surface area contributed by atoms with Crippen LogP contribution in [0.1, 0.15) is 24.5 Å².